The molecule has 0 aliphatic rings. The van der Waals surface area contributed by atoms with E-state index in [4.69, 9.17) is 18.9 Å². The number of nitrogens with one attached hydrogen (secondary N) is 1. The summed E-state index contributed by atoms with van der Waals surface area (Å²) in [7, 11) is 1.27. The second-order valence-corrected chi connectivity index (χ2v) is 6.31. The Morgan fingerprint density at radius 2 is 1.66 bits per heavy atom. The molecule has 0 spiro atoms. The molecule has 0 radical (unpaired) electrons. The van der Waals surface area contributed by atoms with E-state index in [0.717, 1.165) is 0 Å². The number of esters is 4. The zero-order valence-electron chi connectivity index (χ0n) is 17.3. The lowest BCUT2D eigenvalue weighted by Gasteiger charge is -2.20. The van der Waals surface area contributed by atoms with Gasteiger partial charge in [-0.05, 0) is 31.0 Å². The Morgan fingerprint density at radius 3 is 2.21 bits per heavy atom. The van der Waals surface area contributed by atoms with Gasteiger partial charge in [-0.3, -0.25) is 19.2 Å². The van der Waals surface area contributed by atoms with Crippen LogP contribution in [0, 0.1) is 0 Å². The zero-order valence-corrected chi connectivity index (χ0v) is 17.3. The average Bonchev–Trinajstić information content (AvgIpc) is 2.65. The topological polar surface area (TPSA) is 117 Å². The van der Waals surface area contributed by atoms with E-state index in [2.05, 4.69) is 5.32 Å². The fraction of sp³-hybridized carbons (Fsp3) is 0.500. The van der Waals surface area contributed by atoms with Crippen molar-refractivity contribution in [2.24, 2.45) is 0 Å². The smallest absolute Gasteiger partial charge is 0.323 e. The van der Waals surface area contributed by atoms with Crippen LogP contribution in [-0.2, 0) is 35.1 Å². The third-order valence-corrected chi connectivity index (χ3v) is 3.71. The van der Waals surface area contributed by atoms with Crippen LogP contribution in [0.2, 0.25) is 0 Å². The standard InChI is InChI=1S/C20H27NO8/c1-6-19(24)27-12(2)11-21-16(20(25)26-5)9-15-7-8-17(28-13(3)22)18(10-15)29-14(4)23/h7-8,10,12,16,21H,6,9,11H2,1-5H3/t12?,16-/m0/s1. The molecule has 0 heterocycles. The first-order valence-electron chi connectivity index (χ1n) is 9.16. The van der Waals surface area contributed by atoms with Gasteiger partial charge in [-0.15, -0.1) is 0 Å². The van der Waals surface area contributed by atoms with Gasteiger partial charge in [0.1, 0.15) is 12.1 Å². The van der Waals surface area contributed by atoms with Gasteiger partial charge >= 0.3 is 23.9 Å². The summed E-state index contributed by atoms with van der Waals surface area (Å²) in [6.45, 7) is 6.10. The van der Waals surface area contributed by atoms with E-state index in [0.29, 0.717) is 5.56 Å². The third kappa shape index (κ3) is 8.73. The first-order chi connectivity index (χ1) is 13.7. The summed E-state index contributed by atoms with van der Waals surface area (Å²) >= 11 is 0. The summed E-state index contributed by atoms with van der Waals surface area (Å²) in [5.41, 5.74) is 0.637. The Balaban J connectivity index is 2.94. The van der Waals surface area contributed by atoms with Crippen LogP contribution in [0.4, 0.5) is 0 Å². The maximum absolute atomic E-state index is 12.1. The maximum Gasteiger partial charge on any atom is 0.323 e. The van der Waals surface area contributed by atoms with Gasteiger partial charge in [-0.1, -0.05) is 13.0 Å². The maximum atomic E-state index is 12.1. The molecule has 0 aliphatic carbocycles. The molecule has 0 saturated carbocycles. The van der Waals surface area contributed by atoms with E-state index in [9.17, 15) is 19.2 Å². The molecule has 1 aromatic rings. The van der Waals surface area contributed by atoms with Gasteiger partial charge in [0.05, 0.1) is 7.11 Å². The van der Waals surface area contributed by atoms with Crippen molar-refractivity contribution in [3.05, 3.63) is 23.8 Å². The lowest BCUT2D eigenvalue weighted by molar-refractivity contribution is -0.148. The lowest BCUT2D eigenvalue weighted by atomic mass is 10.0. The number of hydrogen-bond donors (Lipinski definition) is 1. The van der Waals surface area contributed by atoms with Crippen LogP contribution in [0.1, 0.15) is 39.7 Å². The molecule has 0 aliphatic heterocycles. The first kappa shape index (κ1) is 24.1. The van der Waals surface area contributed by atoms with Crippen molar-refractivity contribution in [3.63, 3.8) is 0 Å². The minimum Gasteiger partial charge on any atom is -0.468 e. The number of carbonyl (C=O) groups excluding carboxylic acids is 4. The molecule has 2 atom stereocenters. The molecule has 160 valence electrons. The van der Waals surface area contributed by atoms with Crippen LogP contribution in [0.25, 0.3) is 0 Å². The summed E-state index contributed by atoms with van der Waals surface area (Å²) in [5, 5.41) is 3.01. The largest absolute Gasteiger partial charge is 0.468 e. The fourth-order valence-electron chi connectivity index (χ4n) is 2.43. The van der Waals surface area contributed by atoms with E-state index in [1.807, 2.05) is 0 Å². The second-order valence-electron chi connectivity index (χ2n) is 6.31. The summed E-state index contributed by atoms with van der Waals surface area (Å²) in [6.07, 6.45) is 0.0336. The summed E-state index contributed by atoms with van der Waals surface area (Å²) in [4.78, 5) is 46.1. The molecule has 0 bridgehead atoms. The highest BCUT2D eigenvalue weighted by atomic mass is 16.6. The Kier molecular flexibility index (Phi) is 9.81. The number of ether oxygens (including phenoxy) is 4. The number of rotatable bonds is 10. The van der Waals surface area contributed by atoms with Gasteiger partial charge in [0, 0.05) is 26.8 Å². The molecular weight excluding hydrogens is 382 g/mol. The van der Waals surface area contributed by atoms with E-state index >= 15 is 0 Å². The Hall–Kier alpha value is -2.94. The monoisotopic (exact) mass is 409 g/mol. The van der Waals surface area contributed by atoms with Crippen LogP contribution in [0.15, 0.2) is 18.2 Å². The fourth-order valence-corrected chi connectivity index (χ4v) is 2.43. The summed E-state index contributed by atoms with van der Waals surface area (Å²) < 4.78 is 20.1. The molecular formula is C20H27NO8. The highest BCUT2D eigenvalue weighted by Gasteiger charge is 2.22. The van der Waals surface area contributed by atoms with E-state index in [1.54, 1.807) is 19.9 Å². The molecule has 0 aromatic heterocycles. The van der Waals surface area contributed by atoms with Crippen molar-refractivity contribution in [1.29, 1.82) is 0 Å². The molecule has 1 N–H and O–H groups in total. The minimum atomic E-state index is -0.729. The van der Waals surface area contributed by atoms with Crippen molar-refractivity contribution in [1.82, 2.24) is 5.32 Å². The lowest BCUT2D eigenvalue weighted by Crippen LogP contribution is -2.43. The Labute approximate surface area is 169 Å². The number of methoxy groups -OCH3 is 1. The van der Waals surface area contributed by atoms with Crippen molar-refractivity contribution >= 4 is 23.9 Å². The average molecular weight is 409 g/mol. The molecule has 9 nitrogen and oxygen atoms in total. The van der Waals surface area contributed by atoms with Crippen LogP contribution in [-0.4, -0.2) is 49.7 Å². The zero-order chi connectivity index (χ0) is 22.0. The van der Waals surface area contributed by atoms with Crippen LogP contribution >= 0.6 is 0 Å². The molecule has 29 heavy (non-hydrogen) atoms. The molecule has 1 aromatic carbocycles. The SMILES string of the molecule is CCC(=O)OC(C)CN[C@@H](Cc1ccc(OC(C)=O)c(OC(C)=O)c1)C(=O)OC. The van der Waals surface area contributed by atoms with Gasteiger partial charge in [-0.25, -0.2) is 0 Å². The second kappa shape index (κ2) is 11.8. The Morgan fingerprint density at radius 1 is 1.03 bits per heavy atom. The van der Waals surface area contributed by atoms with Crippen molar-refractivity contribution < 1.29 is 38.1 Å². The summed E-state index contributed by atoms with van der Waals surface area (Å²) in [5.74, 6) is -1.81. The van der Waals surface area contributed by atoms with Gasteiger partial charge in [0.2, 0.25) is 0 Å². The molecule has 0 saturated heterocycles. The molecule has 1 rings (SSSR count). The number of carbonyl (C=O) groups is 4. The summed E-state index contributed by atoms with van der Waals surface area (Å²) in [6, 6.07) is 3.91. The normalized spacial score (nSPS) is 12.4. The quantitative estimate of drug-likeness (QED) is 0.454. The molecule has 1 unspecified atom stereocenters. The number of hydrogen-bond acceptors (Lipinski definition) is 9. The van der Waals surface area contributed by atoms with Gasteiger partial charge in [0.15, 0.2) is 11.5 Å². The molecule has 0 fully saturated rings. The van der Waals surface area contributed by atoms with E-state index < -0.39 is 30.1 Å². The van der Waals surface area contributed by atoms with Gasteiger partial charge in [0.25, 0.3) is 0 Å². The van der Waals surface area contributed by atoms with Crippen molar-refractivity contribution in [3.8, 4) is 11.5 Å². The minimum absolute atomic E-state index is 0.0686. The predicted octanol–water partition coefficient (Wildman–Crippen LogP) is 1.55. The predicted molar refractivity (Wildman–Crippen MR) is 102 cm³/mol. The third-order valence-electron chi connectivity index (χ3n) is 3.71. The van der Waals surface area contributed by atoms with E-state index in [-0.39, 0.29) is 36.9 Å². The van der Waals surface area contributed by atoms with Gasteiger partial charge < -0.3 is 24.3 Å². The number of benzene rings is 1. The highest BCUT2D eigenvalue weighted by Crippen LogP contribution is 2.29. The van der Waals surface area contributed by atoms with Crippen LogP contribution in [0.3, 0.4) is 0 Å². The van der Waals surface area contributed by atoms with Gasteiger partial charge in [-0.2, -0.15) is 0 Å². The van der Waals surface area contributed by atoms with E-state index in [1.165, 1.54) is 33.1 Å². The van der Waals surface area contributed by atoms with Crippen molar-refractivity contribution in [2.45, 2.75) is 52.7 Å². The molecule has 0 amide bonds. The first-order valence-corrected chi connectivity index (χ1v) is 9.16. The molecule has 9 heteroatoms. The van der Waals surface area contributed by atoms with Crippen LogP contribution in [0.5, 0.6) is 11.5 Å². The highest BCUT2D eigenvalue weighted by molar-refractivity contribution is 5.76. The van der Waals surface area contributed by atoms with Crippen LogP contribution < -0.4 is 14.8 Å². The van der Waals surface area contributed by atoms with Crippen molar-refractivity contribution in [2.75, 3.05) is 13.7 Å². The Bertz CT molecular complexity index is 746.